The first-order valence-corrected chi connectivity index (χ1v) is 5.65. The number of ether oxygens (including phenoxy) is 1. The van der Waals surface area contributed by atoms with Gasteiger partial charge in [0, 0.05) is 6.42 Å². The van der Waals surface area contributed by atoms with E-state index in [9.17, 15) is 4.39 Å². The van der Waals surface area contributed by atoms with E-state index in [0.29, 0.717) is 19.6 Å². The van der Waals surface area contributed by atoms with E-state index in [-0.39, 0.29) is 11.6 Å². The molecule has 92 valence electrons. The van der Waals surface area contributed by atoms with Gasteiger partial charge in [-0.1, -0.05) is 19.1 Å². The van der Waals surface area contributed by atoms with Gasteiger partial charge in [0.25, 0.3) is 0 Å². The number of hydrogen-bond acceptors (Lipinski definition) is 3. The molecule has 1 atom stereocenters. The second kappa shape index (κ2) is 6.21. The number of hydrogen-bond donors (Lipinski definition) is 1. The first-order valence-electron chi connectivity index (χ1n) is 5.65. The molecule has 0 amide bonds. The lowest BCUT2D eigenvalue weighted by Crippen LogP contribution is -2.42. The van der Waals surface area contributed by atoms with Gasteiger partial charge in [0.15, 0.2) is 11.6 Å². The minimum Gasteiger partial charge on any atom is -0.490 e. The Morgan fingerprint density at radius 3 is 2.76 bits per heavy atom. The topological polar surface area (TPSA) is 45.0 Å². The van der Waals surface area contributed by atoms with Gasteiger partial charge in [-0.05, 0) is 25.6 Å². The second-order valence-corrected chi connectivity index (χ2v) is 4.00. The number of para-hydroxylation sites is 1. The largest absolute Gasteiger partial charge is 0.490 e. The molecule has 3 nitrogen and oxygen atoms in total. The fourth-order valence-corrected chi connectivity index (χ4v) is 1.50. The fourth-order valence-electron chi connectivity index (χ4n) is 1.50. The predicted molar refractivity (Wildman–Crippen MR) is 64.2 cm³/mol. The van der Waals surface area contributed by atoms with Crippen molar-refractivity contribution in [2.24, 2.45) is 0 Å². The standard InChI is InChI=1S/C13H17FN2O/c1-3-16-13(2,10-15)8-9-17-12-7-5-4-6-11(12)14/h4-7,16H,3,8-9H2,1-2H3. The summed E-state index contributed by atoms with van der Waals surface area (Å²) in [5.74, 6) is -0.154. The van der Waals surface area contributed by atoms with Crippen molar-refractivity contribution < 1.29 is 9.13 Å². The van der Waals surface area contributed by atoms with Gasteiger partial charge in [0.2, 0.25) is 0 Å². The number of benzene rings is 1. The zero-order valence-corrected chi connectivity index (χ0v) is 10.2. The van der Waals surface area contributed by atoms with E-state index in [1.165, 1.54) is 6.07 Å². The van der Waals surface area contributed by atoms with Crippen molar-refractivity contribution in [3.63, 3.8) is 0 Å². The summed E-state index contributed by atoms with van der Waals surface area (Å²) >= 11 is 0. The second-order valence-electron chi connectivity index (χ2n) is 4.00. The summed E-state index contributed by atoms with van der Waals surface area (Å²) < 4.78 is 18.5. The van der Waals surface area contributed by atoms with Gasteiger partial charge >= 0.3 is 0 Å². The maximum Gasteiger partial charge on any atom is 0.165 e. The molecule has 0 aromatic heterocycles. The van der Waals surface area contributed by atoms with Crippen molar-refractivity contribution in [2.75, 3.05) is 13.2 Å². The zero-order chi connectivity index (χ0) is 12.7. The Bertz CT molecular complexity index is 403. The Hall–Kier alpha value is -1.60. The van der Waals surface area contributed by atoms with Gasteiger partial charge in [-0.15, -0.1) is 0 Å². The Morgan fingerprint density at radius 1 is 1.47 bits per heavy atom. The summed E-state index contributed by atoms with van der Waals surface area (Å²) in [5.41, 5.74) is -0.625. The molecule has 0 fully saturated rings. The van der Waals surface area contributed by atoms with Crippen LogP contribution in [0.4, 0.5) is 4.39 Å². The summed E-state index contributed by atoms with van der Waals surface area (Å²) in [4.78, 5) is 0. The van der Waals surface area contributed by atoms with E-state index in [4.69, 9.17) is 10.00 Å². The van der Waals surface area contributed by atoms with Crippen molar-refractivity contribution in [2.45, 2.75) is 25.8 Å². The molecular formula is C13H17FN2O. The van der Waals surface area contributed by atoms with Gasteiger partial charge in [0.1, 0.15) is 5.54 Å². The summed E-state index contributed by atoms with van der Waals surface area (Å²) in [6.07, 6.45) is 0.506. The molecule has 0 aliphatic carbocycles. The van der Waals surface area contributed by atoms with Crippen LogP contribution in [-0.2, 0) is 0 Å². The van der Waals surface area contributed by atoms with Gasteiger partial charge in [-0.25, -0.2) is 4.39 Å². The molecule has 1 unspecified atom stereocenters. The minimum atomic E-state index is -0.625. The summed E-state index contributed by atoms with van der Waals surface area (Å²) in [6, 6.07) is 8.45. The highest BCUT2D eigenvalue weighted by atomic mass is 19.1. The lowest BCUT2D eigenvalue weighted by atomic mass is 10.0. The van der Waals surface area contributed by atoms with E-state index >= 15 is 0 Å². The summed E-state index contributed by atoms with van der Waals surface area (Å²) in [6.45, 7) is 4.76. The van der Waals surface area contributed by atoms with Crippen LogP contribution in [0.15, 0.2) is 24.3 Å². The zero-order valence-electron chi connectivity index (χ0n) is 10.2. The van der Waals surface area contributed by atoms with Crippen LogP contribution >= 0.6 is 0 Å². The molecule has 0 saturated heterocycles. The van der Waals surface area contributed by atoms with Crippen molar-refractivity contribution in [1.29, 1.82) is 5.26 Å². The van der Waals surface area contributed by atoms with Gasteiger partial charge in [0.05, 0.1) is 12.7 Å². The van der Waals surface area contributed by atoms with Gasteiger partial charge in [-0.2, -0.15) is 5.26 Å². The third kappa shape index (κ3) is 4.04. The Balaban J connectivity index is 2.48. The maximum absolute atomic E-state index is 13.2. The Labute approximate surface area is 101 Å². The summed E-state index contributed by atoms with van der Waals surface area (Å²) in [7, 11) is 0. The van der Waals surface area contributed by atoms with Gasteiger partial charge < -0.3 is 4.74 Å². The summed E-state index contributed by atoms with van der Waals surface area (Å²) in [5, 5.41) is 12.1. The third-order valence-corrected chi connectivity index (χ3v) is 2.51. The number of nitrogens with one attached hydrogen (secondary N) is 1. The third-order valence-electron chi connectivity index (χ3n) is 2.51. The average Bonchev–Trinajstić information content (AvgIpc) is 2.32. The molecule has 0 spiro atoms. The lowest BCUT2D eigenvalue weighted by molar-refractivity contribution is 0.259. The van der Waals surface area contributed by atoms with E-state index in [1.807, 2.05) is 6.92 Å². The van der Waals surface area contributed by atoms with Crippen LogP contribution in [0.2, 0.25) is 0 Å². The Morgan fingerprint density at radius 2 is 2.18 bits per heavy atom. The molecule has 0 heterocycles. The highest BCUT2D eigenvalue weighted by Gasteiger charge is 2.22. The molecule has 1 rings (SSSR count). The van der Waals surface area contributed by atoms with Gasteiger partial charge in [-0.3, -0.25) is 5.32 Å². The van der Waals surface area contributed by atoms with E-state index in [2.05, 4.69) is 11.4 Å². The molecule has 4 heteroatoms. The molecule has 0 saturated carbocycles. The van der Waals surface area contributed by atoms with E-state index in [0.717, 1.165) is 0 Å². The van der Waals surface area contributed by atoms with E-state index in [1.54, 1.807) is 25.1 Å². The molecule has 0 aliphatic heterocycles. The quantitative estimate of drug-likeness (QED) is 0.825. The SMILES string of the molecule is CCNC(C)(C#N)CCOc1ccccc1F. The molecular weight excluding hydrogens is 219 g/mol. The number of nitriles is 1. The van der Waals surface area contributed by atoms with Crippen LogP contribution in [0.3, 0.4) is 0 Å². The highest BCUT2D eigenvalue weighted by molar-refractivity contribution is 5.23. The van der Waals surface area contributed by atoms with Crippen LogP contribution in [0.1, 0.15) is 20.3 Å². The molecule has 1 aromatic rings. The number of rotatable bonds is 6. The molecule has 1 aromatic carbocycles. The van der Waals surface area contributed by atoms with Crippen molar-refractivity contribution in [3.05, 3.63) is 30.1 Å². The first-order chi connectivity index (χ1) is 8.11. The number of halogens is 1. The highest BCUT2D eigenvalue weighted by Crippen LogP contribution is 2.17. The molecule has 0 bridgehead atoms. The molecule has 0 aliphatic rings. The smallest absolute Gasteiger partial charge is 0.165 e. The van der Waals surface area contributed by atoms with Crippen molar-refractivity contribution in [3.8, 4) is 11.8 Å². The predicted octanol–water partition coefficient (Wildman–Crippen LogP) is 2.49. The molecule has 0 radical (unpaired) electrons. The normalized spacial score (nSPS) is 13.8. The lowest BCUT2D eigenvalue weighted by Gasteiger charge is -2.22. The minimum absolute atomic E-state index is 0.226. The van der Waals surface area contributed by atoms with Crippen LogP contribution < -0.4 is 10.1 Å². The van der Waals surface area contributed by atoms with Crippen LogP contribution in [0.25, 0.3) is 0 Å². The van der Waals surface area contributed by atoms with Crippen LogP contribution in [0.5, 0.6) is 5.75 Å². The maximum atomic E-state index is 13.2. The van der Waals surface area contributed by atoms with Crippen molar-refractivity contribution in [1.82, 2.24) is 5.32 Å². The van der Waals surface area contributed by atoms with E-state index < -0.39 is 5.54 Å². The fraction of sp³-hybridized carbons (Fsp3) is 0.462. The first kappa shape index (κ1) is 13.5. The van der Waals surface area contributed by atoms with Crippen LogP contribution in [-0.4, -0.2) is 18.7 Å². The molecule has 17 heavy (non-hydrogen) atoms. The molecule has 1 N–H and O–H groups in total. The monoisotopic (exact) mass is 236 g/mol. The Kier molecular flexibility index (Phi) is 4.92. The number of nitrogens with zero attached hydrogens (tertiary/aromatic N) is 1. The van der Waals surface area contributed by atoms with Crippen LogP contribution in [0, 0.1) is 17.1 Å². The van der Waals surface area contributed by atoms with Crippen molar-refractivity contribution >= 4 is 0 Å². The average molecular weight is 236 g/mol.